The first-order chi connectivity index (χ1) is 11.4. The lowest BCUT2D eigenvalue weighted by atomic mass is 10.1. The second kappa shape index (κ2) is 5.92. The number of nitrogens with one attached hydrogen (secondary N) is 2. The number of hydrogen-bond acceptors (Lipinski definition) is 4. The maximum Gasteiger partial charge on any atom is 0.263 e. The summed E-state index contributed by atoms with van der Waals surface area (Å²) in [5.74, 6) is -0.965. The van der Waals surface area contributed by atoms with E-state index < -0.39 is 5.91 Å². The molecule has 7 nitrogen and oxygen atoms in total. The van der Waals surface area contributed by atoms with Crippen molar-refractivity contribution in [2.24, 2.45) is 0 Å². The van der Waals surface area contributed by atoms with Crippen LogP contribution >= 0.6 is 0 Å². The van der Waals surface area contributed by atoms with Crippen LogP contribution in [0, 0.1) is 13.8 Å². The first-order valence-corrected chi connectivity index (χ1v) is 7.73. The van der Waals surface area contributed by atoms with Gasteiger partial charge in [-0.15, -0.1) is 0 Å². The quantitative estimate of drug-likeness (QED) is 0.842. The average Bonchev–Trinajstić information content (AvgIpc) is 3.01. The van der Waals surface area contributed by atoms with E-state index in [9.17, 15) is 14.4 Å². The van der Waals surface area contributed by atoms with Crippen LogP contribution in [0.2, 0.25) is 0 Å². The predicted octanol–water partition coefficient (Wildman–Crippen LogP) is 2.17. The molecule has 1 aliphatic heterocycles. The molecule has 0 saturated carbocycles. The SMILES string of the molecule is CCC(=O)Nc1cccc2c1C(=O)N(Cc1c(C)n[nH]c1C)C2=O. The van der Waals surface area contributed by atoms with E-state index in [1.807, 2.05) is 13.8 Å². The summed E-state index contributed by atoms with van der Waals surface area (Å²) in [6, 6.07) is 4.90. The van der Waals surface area contributed by atoms with Crippen LogP contribution in [0.1, 0.15) is 51.0 Å². The van der Waals surface area contributed by atoms with Crippen molar-refractivity contribution in [3.05, 3.63) is 46.3 Å². The van der Waals surface area contributed by atoms with Gasteiger partial charge in [0.1, 0.15) is 0 Å². The number of rotatable bonds is 4. The fourth-order valence-corrected chi connectivity index (χ4v) is 2.79. The molecule has 1 aliphatic rings. The normalized spacial score (nSPS) is 13.4. The van der Waals surface area contributed by atoms with Gasteiger partial charge in [0.2, 0.25) is 5.91 Å². The van der Waals surface area contributed by atoms with E-state index >= 15 is 0 Å². The van der Waals surface area contributed by atoms with Crippen LogP contribution in [0.4, 0.5) is 5.69 Å². The van der Waals surface area contributed by atoms with Crippen molar-refractivity contribution in [2.75, 3.05) is 5.32 Å². The van der Waals surface area contributed by atoms with Gasteiger partial charge in [-0.1, -0.05) is 13.0 Å². The molecule has 124 valence electrons. The zero-order chi connectivity index (χ0) is 17.4. The Morgan fingerprint density at radius 2 is 2.00 bits per heavy atom. The van der Waals surface area contributed by atoms with Gasteiger partial charge in [0.25, 0.3) is 11.8 Å². The summed E-state index contributed by atoms with van der Waals surface area (Å²) in [5, 5.41) is 9.63. The molecule has 0 spiro atoms. The highest BCUT2D eigenvalue weighted by molar-refractivity contribution is 6.24. The molecule has 1 aromatic heterocycles. The van der Waals surface area contributed by atoms with Gasteiger partial charge in [0.05, 0.1) is 29.1 Å². The van der Waals surface area contributed by atoms with Gasteiger partial charge in [-0.05, 0) is 26.0 Å². The number of nitrogens with zero attached hydrogens (tertiary/aromatic N) is 2. The highest BCUT2D eigenvalue weighted by Gasteiger charge is 2.38. The van der Waals surface area contributed by atoms with E-state index in [1.54, 1.807) is 25.1 Å². The maximum absolute atomic E-state index is 12.8. The van der Waals surface area contributed by atoms with Crippen molar-refractivity contribution < 1.29 is 14.4 Å². The molecule has 0 saturated heterocycles. The molecule has 2 aromatic rings. The van der Waals surface area contributed by atoms with Crippen LogP contribution in [0.3, 0.4) is 0 Å². The zero-order valence-corrected chi connectivity index (χ0v) is 13.8. The first-order valence-electron chi connectivity index (χ1n) is 7.73. The molecule has 0 unspecified atom stereocenters. The van der Waals surface area contributed by atoms with Crippen LogP contribution in [0.15, 0.2) is 18.2 Å². The Morgan fingerprint density at radius 1 is 1.25 bits per heavy atom. The molecule has 7 heteroatoms. The maximum atomic E-state index is 12.8. The van der Waals surface area contributed by atoms with E-state index in [0.717, 1.165) is 17.0 Å². The first kappa shape index (κ1) is 15.9. The second-order valence-corrected chi connectivity index (χ2v) is 5.74. The summed E-state index contributed by atoms with van der Waals surface area (Å²) in [6.45, 7) is 5.55. The van der Waals surface area contributed by atoms with Crippen LogP contribution in [0.5, 0.6) is 0 Å². The number of aromatic nitrogens is 2. The molecule has 2 N–H and O–H groups in total. The summed E-state index contributed by atoms with van der Waals surface area (Å²) >= 11 is 0. The van der Waals surface area contributed by atoms with Crippen LogP contribution in [0.25, 0.3) is 0 Å². The number of carbonyl (C=O) groups excluding carboxylic acids is 3. The Kier molecular flexibility index (Phi) is 3.92. The summed E-state index contributed by atoms with van der Waals surface area (Å²) in [6.07, 6.45) is 0.295. The molecule has 1 aromatic carbocycles. The highest BCUT2D eigenvalue weighted by atomic mass is 16.2. The fourth-order valence-electron chi connectivity index (χ4n) is 2.79. The van der Waals surface area contributed by atoms with Crippen molar-refractivity contribution in [3.8, 4) is 0 Å². The number of H-pyrrole nitrogens is 1. The molecule has 0 atom stereocenters. The van der Waals surface area contributed by atoms with Gasteiger partial charge in [-0.2, -0.15) is 5.10 Å². The molecule has 3 rings (SSSR count). The van der Waals surface area contributed by atoms with E-state index in [2.05, 4.69) is 15.5 Å². The number of aromatic amines is 1. The lowest BCUT2D eigenvalue weighted by Gasteiger charge is -2.14. The van der Waals surface area contributed by atoms with Gasteiger partial charge in [0, 0.05) is 17.7 Å². The van der Waals surface area contributed by atoms with Crippen LogP contribution in [-0.2, 0) is 11.3 Å². The number of fused-ring (bicyclic) bond motifs is 1. The molecular weight excluding hydrogens is 308 g/mol. The van der Waals surface area contributed by atoms with E-state index in [-0.39, 0.29) is 23.9 Å². The Morgan fingerprint density at radius 3 is 2.62 bits per heavy atom. The minimum absolute atomic E-state index is 0.154. The van der Waals surface area contributed by atoms with Gasteiger partial charge in [-0.25, -0.2) is 0 Å². The van der Waals surface area contributed by atoms with Gasteiger partial charge in [-0.3, -0.25) is 24.4 Å². The van der Waals surface area contributed by atoms with E-state index in [4.69, 9.17) is 0 Å². The van der Waals surface area contributed by atoms with Crippen molar-refractivity contribution in [2.45, 2.75) is 33.7 Å². The van der Waals surface area contributed by atoms with Crippen LogP contribution in [-0.4, -0.2) is 32.8 Å². The number of aryl methyl sites for hydroxylation is 2. The summed E-state index contributed by atoms with van der Waals surface area (Å²) in [5.41, 5.74) is 3.34. The lowest BCUT2D eigenvalue weighted by molar-refractivity contribution is -0.115. The minimum atomic E-state index is -0.401. The Hall–Kier alpha value is -2.96. The largest absolute Gasteiger partial charge is 0.325 e. The second-order valence-electron chi connectivity index (χ2n) is 5.74. The Balaban J connectivity index is 1.97. The van der Waals surface area contributed by atoms with Gasteiger partial charge < -0.3 is 5.32 Å². The van der Waals surface area contributed by atoms with Crippen LogP contribution < -0.4 is 5.32 Å². The molecule has 0 radical (unpaired) electrons. The number of carbonyl (C=O) groups is 3. The lowest BCUT2D eigenvalue weighted by Crippen LogP contribution is -2.29. The molecule has 0 fully saturated rings. The number of hydrogen-bond donors (Lipinski definition) is 2. The molecule has 2 heterocycles. The van der Waals surface area contributed by atoms with Gasteiger partial charge in [0.15, 0.2) is 0 Å². The monoisotopic (exact) mass is 326 g/mol. The topological polar surface area (TPSA) is 95.2 Å². The molecule has 3 amide bonds. The molecule has 0 aliphatic carbocycles. The molecule has 0 bridgehead atoms. The van der Waals surface area contributed by atoms with E-state index in [1.165, 1.54) is 4.90 Å². The average molecular weight is 326 g/mol. The zero-order valence-electron chi connectivity index (χ0n) is 13.8. The third-order valence-corrected chi connectivity index (χ3v) is 4.19. The third kappa shape index (κ3) is 2.47. The molecule has 24 heavy (non-hydrogen) atoms. The van der Waals surface area contributed by atoms with E-state index in [0.29, 0.717) is 17.7 Å². The Labute approximate surface area is 139 Å². The van der Waals surface area contributed by atoms with Crippen molar-refractivity contribution >= 4 is 23.4 Å². The summed E-state index contributed by atoms with van der Waals surface area (Å²) in [4.78, 5) is 38.2. The number of anilines is 1. The highest BCUT2D eigenvalue weighted by Crippen LogP contribution is 2.31. The number of amides is 3. The van der Waals surface area contributed by atoms with Crippen molar-refractivity contribution in [1.29, 1.82) is 0 Å². The number of benzene rings is 1. The third-order valence-electron chi connectivity index (χ3n) is 4.19. The van der Waals surface area contributed by atoms with Crippen molar-refractivity contribution in [1.82, 2.24) is 15.1 Å². The van der Waals surface area contributed by atoms with Crippen molar-refractivity contribution in [3.63, 3.8) is 0 Å². The summed E-state index contributed by atoms with van der Waals surface area (Å²) < 4.78 is 0. The Bertz CT molecular complexity index is 834. The predicted molar refractivity (Wildman–Crippen MR) is 87.6 cm³/mol. The fraction of sp³-hybridized carbons (Fsp3) is 0.294. The standard InChI is InChI=1S/C17H18N4O3/c1-4-14(22)18-13-7-5-6-11-15(13)17(24)21(16(11)23)8-12-9(2)19-20-10(12)3/h5-7H,4,8H2,1-3H3,(H,18,22)(H,19,20). The van der Waals surface area contributed by atoms with Gasteiger partial charge >= 0.3 is 0 Å². The smallest absolute Gasteiger partial charge is 0.263 e. The number of imide groups is 1. The summed E-state index contributed by atoms with van der Waals surface area (Å²) in [7, 11) is 0. The molecular formula is C17H18N4O3. The minimum Gasteiger partial charge on any atom is -0.325 e.